The number of carbonyl (C=O) groups excluding carboxylic acids is 1. The van der Waals surface area contributed by atoms with Gasteiger partial charge in [0.25, 0.3) is 0 Å². The number of rotatable bonds is 4. The standard InChI is InChI=1S/C14H25NO/c1-9(2)6-14(16)15-10(3)13-8-11-4-5-12(13)7-11/h9-13H,4-8H2,1-3H3,(H,15,16)/t10-,11+,12+,13-/m0/s1. The third kappa shape index (κ3) is 2.58. The third-order valence-corrected chi connectivity index (χ3v) is 4.42. The first-order chi connectivity index (χ1) is 7.56. The number of fused-ring (bicyclic) bond motifs is 2. The van der Waals surface area contributed by atoms with Crippen LogP contribution in [0.2, 0.25) is 0 Å². The quantitative estimate of drug-likeness (QED) is 0.780. The van der Waals surface area contributed by atoms with E-state index in [1.807, 2.05) is 0 Å². The number of hydrogen-bond donors (Lipinski definition) is 1. The highest BCUT2D eigenvalue weighted by Crippen LogP contribution is 2.49. The maximum Gasteiger partial charge on any atom is 0.220 e. The van der Waals surface area contributed by atoms with Gasteiger partial charge in [-0.25, -0.2) is 0 Å². The van der Waals surface area contributed by atoms with Gasteiger partial charge in [0.1, 0.15) is 0 Å². The van der Waals surface area contributed by atoms with E-state index in [1.54, 1.807) is 0 Å². The van der Waals surface area contributed by atoms with Crippen molar-refractivity contribution in [3.05, 3.63) is 0 Å². The highest BCUT2D eigenvalue weighted by molar-refractivity contribution is 5.76. The Labute approximate surface area is 99.2 Å². The van der Waals surface area contributed by atoms with Crippen LogP contribution in [0.25, 0.3) is 0 Å². The van der Waals surface area contributed by atoms with E-state index in [0.717, 1.165) is 17.8 Å². The van der Waals surface area contributed by atoms with Gasteiger partial charge in [-0.15, -0.1) is 0 Å². The highest BCUT2D eigenvalue weighted by atomic mass is 16.1. The lowest BCUT2D eigenvalue weighted by atomic mass is 9.84. The van der Waals surface area contributed by atoms with E-state index in [1.165, 1.54) is 25.7 Å². The van der Waals surface area contributed by atoms with E-state index in [4.69, 9.17) is 0 Å². The Morgan fingerprint density at radius 1 is 1.25 bits per heavy atom. The molecule has 1 N–H and O–H groups in total. The van der Waals surface area contributed by atoms with Crippen molar-refractivity contribution in [3.8, 4) is 0 Å². The first-order valence-electron chi connectivity index (χ1n) is 6.85. The Morgan fingerprint density at radius 2 is 2.00 bits per heavy atom. The number of hydrogen-bond acceptors (Lipinski definition) is 1. The molecule has 2 rings (SSSR count). The van der Waals surface area contributed by atoms with E-state index in [2.05, 4.69) is 26.1 Å². The largest absolute Gasteiger partial charge is 0.353 e. The second kappa shape index (κ2) is 4.77. The van der Waals surface area contributed by atoms with E-state index < -0.39 is 0 Å². The smallest absolute Gasteiger partial charge is 0.220 e. The summed E-state index contributed by atoms with van der Waals surface area (Å²) in [4.78, 5) is 11.7. The van der Waals surface area contributed by atoms with Gasteiger partial charge in [0.2, 0.25) is 5.91 Å². The van der Waals surface area contributed by atoms with Crippen molar-refractivity contribution in [2.45, 2.75) is 58.9 Å². The van der Waals surface area contributed by atoms with Crippen LogP contribution >= 0.6 is 0 Å². The molecule has 0 aromatic rings. The van der Waals surface area contributed by atoms with Crippen molar-refractivity contribution in [3.63, 3.8) is 0 Å². The summed E-state index contributed by atoms with van der Waals surface area (Å²) in [5.41, 5.74) is 0. The maximum atomic E-state index is 11.7. The Morgan fingerprint density at radius 3 is 2.50 bits per heavy atom. The molecule has 0 aromatic heterocycles. The highest BCUT2D eigenvalue weighted by Gasteiger charge is 2.42. The molecule has 2 aliphatic rings. The normalized spacial score (nSPS) is 34.4. The second-order valence-corrected chi connectivity index (χ2v) is 6.29. The van der Waals surface area contributed by atoms with Crippen molar-refractivity contribution in [1.29, 1.82) is 0 Å². The first kappa shape index (κ1) is 11.9. The minimum Gasteiger partial charge on any atom is -0.353 e. The van der Waals surface area contributed by atoms with E-state index in [-0.39, 0.29) is 5.91 Å². The van der Waals surface area contributed by atoms with Gasteiger partial charge in [-0.3, -0.25) is 4.79 Å². The van der Waals surface area contributed by atoms with Gasteiger partial charge in [-0.05, 0) is 49.9 Å². The Hall–Kier alpha value is -0.530. The summed E-state index contributed by atoms with van der Waals surface area (Å²) in [5, 5.41) is 3.20. The molecule has 2 heteroatoms. The van der Waals surface area contributed by atoms with Crippen molar-refractivity contribution < 1.29 is 4.79 Å². The lowest BCUT2D eigenvalue weighted by molar-refractivity contribution is -0.122. The summed E-state index contributed by atoms with van der Waals surface area (Å²) < 4.78 is 0. The van der Waals surface area contributed by atoms with E-state index in [9.17, 15) is 4.79 Å². The summed E-state index contributed by atoms with van der Waals surface area (Å²) in [6, 6.07) is 0.390. The molecule has 0 heterocycles. The van der Waals surface area contributed by atoms with Crippen molar-refractivity contribution in [2.24, 2.45) is 23.7 Å². The summed E-state index contributed by atoms with van der Waals surface area (Å²) >= 11 is 0. The minimum absolute atomic E-state index is 0.241. The summed E-state index contributed by atoms with van der Waals surface area (Å²) in [5.74, 6) is 3.34. The molecule has 2 saturated carbocycles. The first-order valence-corrected chi connectivity index (χ1v) is 6.85. The van der Waals surface area contributed by atoms with Gasteiger partial charge in [0, 0.05) is 12.5 Å². The van der Waals surface area contributed by atoms with Crippen LogP contribution in [0.4, 0.5) is 0 Å². The van der Waals surface area contributed by atoms with Crippen molar-refractivity contribution in [1.82, 2.24) is 5.32 Å². The van der Waals surface area contributed by atoms with Gasteiger partial charge < -0.3 is 5.32 Å². The van der Waals surface area contributed by atoms with Crippen LogP contribution in [0.3, 0.4) is 0 Å². The molecule has 2 fully saturated rings. The van der Waals surface area contributed by atoms with Gasteiger partial charge in [-0.1, -0.05) is 20.3 Å². The Kier molecular flexibility index (Phi) is 3.56. The zero-order valence-corrected chi connectivity index (χ0v) is 10.8. The fourth-order valence-electron chi connectivity index (χ4n) is 3.70. The van der Waals surface area contributed by atoms with E-state index in [0.29, 0.717) is 18.4 Å². The van der Waals surface area contributed by atoms with Crippen LogP contribution in [0.1, 0.15) is 52.9 Å². The fourth-order valence-corrected chi connectivity index (χ4v) is 3.70. The topological polar surface area (TPSA) is 29.1 Å². The zero-order chi connectivity index (χ0) is 11.7. The molecule has 0 spiro atoms. The van der Waals surface area contributed by atoms with Crippen LogP contribution < -0.4 is 5.32 Å². The molecule has 0 aromatic carbocycles. The second-order valence-electron chi connectivity index (χ2n) is 6.29. The van der Waals surface area contributed by atoms with Crippen molar-refractivity contribution in [2.75, 3.05) is 0 Å². The maximum absolute atomic E-state index is 11.7. The van der Waals surface area contributed by atoms with Crippen LogP contribution in [0.15, 0.2) is 0 Å². The SMILES string of the molecule is CC(C)CC(=O)N[C@@H](C)[C@@H]1C[C@@H]2CC[C@@H]1C2. The summed E-state index contributed by atoms with van der Waals surface area (Å²) in [6.07, 6.45) is 6.29. The van der Waals surface area contributed by atoms with Crippen LogP contribution in [0, 0.1) is 23.7 Å². The molecule has 0 aliphatic heterocycles. The Balaban J connectivity index is 1.80. The molecular weight excluding hydrogens is 198 g/mol. The summed E-state index contributed by atoms with van der Waals surface area (Å²) in [6.45, 7) is 6.40. The molecule has 4 atom stereocenters. The zero-order valence-electron chi connectivity index (χ0n) is 10.8. The van der Waals surface area contributed by atoms with Crippen LogP contribution in [-0.4, -0.2) is 11.9 Å². The van der Waals surface area contributed by atoms with Gasteiger partial charge >= 0.3 is 0 Å². The molecule has 1 amide bonds. The molecule has 16 heavy (non-hydrogen) atoms. The molecule has 0 radical (unpaired) electrons. The predicted molar refractivity (Wildman–Crippen MR) is 66.0 cm³/mol. The number of nitrogens with one attached hydrogen (secondary N) is 1. The molecule has 92 valence electrons. The number of carbonyl (C=O) groups is 1. The van der Waals surface area contributed by atoms with Gasteiger partial charge in [0.15, 0.2) is 0 Å². The molecule has 2 bridgehead atoms. The lowest BCUT2D eigenvalue weighted by Crippen LogP contribution is -2.40. The van der Waals surface area contributed by atoms with Crippen LogP contribution in [-0.2, 0) is 4.79 Å². The average molecular weight is 223 g/mol. The average Bonchev–Trinajstić information content (AvgIpc) is 2.76. The predicted octanol–water partition coefficient (Wildman–Crippen LogP) is 2.97. The minimum atomic E-state index is 0.241. The molecule has 0 saturated heterocycles. The molecule has 2 nitrogen and oxygen atoms in total. The number of amides is 1. The monoisotopic (exact) mass is 223 g/mol. The fraction of sp³-hybridized carbons (Fsp3) is 0.929. The van der Waals surface area contributed by atoms with Crippen molar-refractivity contribution >= 4 is 5.91 Å². The van der Waals surface area contributed by atoms with Gasteiger partial charge in [0.05, 0.1) is 0 Å². The Bertz CT molecular complexity index is 261. The van der Waals surface area contributed by atoms with E-state index >= 15 is 0 Å². The van der Waals surface area contributed by atoms with Crippen LogP contribution in [0.5, 0.6) is 0 Å². The molecular formula is C14H25NO. The van der Waals surface area contributed by atoms with Gasteiger partial charge in [-0.2, -0.15) is 0 Å². The lowest BCUT2D eigenvalue weighted by Gasteiger charge is -2.28. The molecule has 0 unspecified atom stereocenters. The summed E-state index contributed by atoms with van der Waals surface area (Å²) in [7, 11) is 0. The third-order valence-electron chi connectivity index (χ3n) is 4.42. The molecule has 2 aliphatic carbocycles.